The van der Waals surface area contributed by atoms with E-state index < -0.39 is 16.0 Å². The van der Waals surface area contributed by atoms with Crippen molar-refractivity contribution < 1.29 is 18.3 Å². The molecule has 2 N–H and O–H groups in total. The molecule has 0 aliphatic heterocycles. The van der Waals surface area contributed by atoms with Gasteiger partial charge in [0.2, 0.25) is 10.0 Å². The van der Waals surface area contributed by atoms with Gasteiger partial charge in [0.15, 0.2) is 0 Å². The number of aromatic carboxylic acids is 1. The lowest BCUT2D eigenvalue weighted by atomic mass is 10.0. The van der Waals surface area contributed by atoms with Crippen molar-refractivity contribution >= 4 is 39.1 Å². The highest BCUT2D eigenvalue weighted by atomic mass is 32.2. The molecule has 0 saturated carbocycles. The molecular weight excluding hydrogens is 318 g/mol. The number of sulfonamides is 1. The second-order valence-electron chi connectivity index (χ2n) is 4.34. The molecule has 0 amide bonds. The van der Waals surface area contributed by atoms with Gasteiger partial charge in [0.05, 0.1) is 0 Å². The highest BCUT2D eigenvalue weighted by molar-refractivity contribution is 8.00. The molecule has 5 nitrogen and oxygen atoms in total. The summed E-state index contributed by atoms with van der Waals surface area (Å²) in [6.07, 6.45) is 3.62. The molecule has 0 bridgehead atoms. The molecule has 1 heterocycles. The molecule has 0 aliphatic rings. The zero-order valence-electron chi connectivity index (χ0n) is 11.7. The number of rotatable bonds is 8. The highest BCUT2D eigenvalue weighted by Gasteiger charge is 2.29. The lowest BCUT2D eigenvalue weighted by Gasteiger charge is -2.29. The van der Waals surface area contributed by atoms with Crippen molar-refractivity contribution in [1.29, 1.82) is 0 Å². The van der Waals surface area contributed by atoms with Crippen LogP contribution in [-0.2, 0) is 10.0 Å². The number of carbonyl (C=O) groups is 1. The first-order valence-electron chi connectivity index (χ1n) is 6.17. The van der Waals surface area contributed by atoms with Crippen LogP contribution in [-0.4, -0.2) is 37.0 Å². The third-order valence-electron chi connectivity index (χ3n) is 3.42. The maximum atomic E-state index is 12.2. The van der Waals surface area contributed by atoms with Crippen LogP contribution < -0.4 is 4.72 Å². The standard InChI is InChI=1S/C12H19NO4S3/c1-4-12(5-2,18-3)8-13-20(16,17)9-6-7-19-10(9)11(14)15/h6-7,13H,4-5,8H2,1-3H3,(H,14,15). The van der Waals surface area contributed by atoms with Gasteiger partial charge in [0, 0.05) is 11.3 Å². The van der Waals surface area contributed by atoms with E-state index in [2.05, 4.69) is 4.72 Å². The first kappa shape index (κ1) is 17.5. The Kier molecular flexibility index (Phi) is 6.06. The van der Waals surface area contributed by atoms with Gasteiger partial charge in [-0.25, -0.2) is 17.9 Å². The molecule has 1 aromatic rings. The highest BCUT2D eigenvalue weighted by Crippen LogP contribution is 2.30. The Morgan fingerprint density at radius 3 is 2.50 bits per heavy atom. The van der Waals surface area contributed by atoms with Crippen LogP contribution in [0.5, 0.6) is 0 Å². The smallest absolute Gasteiger partial charge is 0.347 e. The Hall–Kier alpha value is -0.570. The predicted octanol–water partition coefficient (Wildman–Crippen LogP) is 2.65. The SMILES string of the molecule is CCC(CC)(CNS(=O)(=O)c1ccsc1C(=O)O)SC. The fourth-order valence-electron chi connectivity index (χ4n) is 1.83. The maximum Gasteiger partial charge on any atom is 0.347 e. The molecule has 0 saturated heterocycles. The number of carboxylic acids is 1. The molecule has 0 spiro atoms. The van der Waals surface area contributed by atoms with E-state index in [1.807, 2.05) is 20.1 Å². The number of carboxylic acid groups (broad SMARTS) is 1. The second-order valence-corrected chi connectivity index (χ2v) is 8.26. The van der Waals surface area contributed by atoms with E-state index in [1.165, 1.54) is 11.4 Å². The van der Waals surface area contributed by atoms with E-state index in [1.54, 1.807) is 11.8 Å². The molecule has 0 aromatic carbocycles. The Balaban J connectivity index is 2.96. The van der Waals surface area contributed by atoms with Crippen molar-refractivity contribution in [3.8, 4) is 0 Å². The molecular formula is C12H19NO4S3. The van der Waals surface area contributed by atoms with Crippen LogP contribution in [0.4, 0.5) is 0 Å². The lowest BCUT2D eigenvalue weighted by Crippen LogP contribution is -2.39. The third kappa shape index (κ3) is 3.75. The molecule has 20 heavy (non-hydrogen) atoms. The number of hydrogen-bond donors (Lipinski definition) is 2. The van der Waals surface area contributed by atoms with E-state index in [9.17, 15) is 13.2 Å². The van der Waals surface area contributed by atoms with Gasteiger partial charge in [-0.1, -0.05) is 13.8 Å². The quantitative estimate of drug-likeness (QED) is 0.762. The van der Waals surface area contributed by atoms with Gasteiger partial charge in [-0.3, -0.25) is 0 Å². The molecule has 8 heteroatoms. The number of thiophene rings is 1. The summed E-state index contributed by atoms with van der Waals surface area (Å²) < 4.78 is 26.9. The maximum absolute atomic E-state index is 12.2. The van der Waals surface area contributed by atoms with Crippen LogP contribution >= 0.6 is 23.1 Å². The van der Waals surface area contributed by atoms with Crippen LogP contribution in [0, 0.1) is 0 Å². The molecule has 0 fully saturated rings. The van der Waals surface area contributed by atoms with E-state index >= 15 is 0 Å². The van der Waals surface area contributed by atoms with Gasteiger partial charge >= 0.3 is 5.97 Å². The molecule has 1 rings (SSSR count). The summed E-state index contributed by atoms with van der Waals surface area (Å²) in [5.74, 6) is -1.22. The zero-order valence-corrected chi connectivity index (χ0v) is 14.1. The summed E-state index contributed by atoms with van der Waals surface area (Å²) in [5.41, 5.74) is 0. The zero-order chi connectivity index (χ0) is 15.4. The molecule has 0 aliphatic carbocycles. The summed E-state index contributed by atoms with van der Waals surface area (Å²) in [5, 5.41) is 10.5. The summed E-state index contributed by atoms with van der Waals surface area (Å²) in [7, 11) is -3.79. The Morgan fingerprint density at radius 1 is 1.45 bits per heavy atom. The number of hydrogen-bond acceptors (Lipinski definition) is 5. The van der Waals surface area contributed by atoms with Gasteiger partial charge in [0.1, 0.15) is 9.77 Å². The van der Waals surface area contributed by atoms with Crippen molar-refractivity contribution in [3.63, 3.8) is 0 Å². The second kappa shape index (κ2) is 6.93. The molecule has 0 unspecified atom stereocenters. The Morgan fingerprint density at radius 2 is 2.05 bits per heavy atom. The van der Waals surface area contributed by atoms with Gasteiger partial charge in [-0.05, 0) is 30.5 Å². The van der Waals surface area contributed by atoms with Crippen molar-refractivity contribution in [3.05, 3.63) is 16.3 Å². The lowest BCUT2D eigenvalue weighted by molar-refractivity contribution is 0.0698. The van der Waals surface area contributed by atoms with Crippen LogP contribution in [0.15, 0.2) is 16.3 Å². The average molecular weight is 337 g/mol. The van der Waals surface area contributed by atoms with E-state index in [-0.39, 0.29) is 14.5 Å². The number of thioether (sulfide) groups is 1. The van der Waals surface area contributed by atoms with Crippen LogP contribution in [0.3, 0.4) is 0 Å². The van der Waals surface area contributed by atoms with Crippen molar-refractivity contribution in [2.45, 2.75) is 36.3 Å². The first-order chi connectivity index (χ1) is 9.32. The summed E-state index contributed by atoms with van der Waals surface area (Å²) in [6.45, 7) is 4.32. The third-order valence-corrected chi connectivity index (χ3v) is 7.48. The number of nitrogens with one attached hydrogen (secondary N) is 1. The van der Waals surface area contributed by atoms with Gasteiger partial charge in [-0.15, -0.1) is 11.3 Å². The summed E-state index contributed by atoms with van der Waals surface area (Å²) in [4.78, 5) is 10.7. The molecule has 114 valence electrons. The Labute approximate surface area is 127 Å². The van der Waals surface area contributed by atoms with E-state index in [0.717, 1.165) is 24.2 Å². The first-order valence-corrected chi connectivity index (χ1v) is 9.76. The monoisotopic (exact) mass is 337 g/mol. The molecule has 0 atom stereocenters. The fourth-order valence-corrected chi connectivity index (χ4v) is 5.10. The minimum Gasteiger partial charge on any atom is -0.477 e. The van der Waals surface area contributed by atoms with Gasteiger partial charge < -0.3 is 5.11 Å². The summed E-state index contributed by atoms with van der Waals surface area (Å²) >= 11 is 2.54. The topological polar surface area (TPSA) is 83.5 Å². The fraction of sp³-hybridized carbons (Fsp3) is 0.583. The van der Waals surface area contributed by atoms with E-state index in [4.69, 9.17) is 5.11 Å². The average Bonchev–Trinajstić information content (AvgIpc) is 2.91. The largest absolute Gasteiger partial charge is 0.477 e. The summed E-state index contributed by atoms with van der Waals surface area (Å²) in [6, 6.07) is 1.33. The predicted molar refractivity (Wildman–Crippen MR) is 83.3 cm³/mol. The van der Waals surface area contributed by atoms with Crippen molar-refractivity contribution in [2.75, 3.05) is 12.8 Å². The van der Waals surface area contributed by atoms with Crippen molar-refractivity contribution in [1.82, 2.24) is 4.72 Å². The van der Waals surface area contributed by atoms with Crippen molar-refractivity contribution in [2.24, 2.45) is 0 Å². The minimum atomic E-state index is -3.79. The van der Waals surface area contributed by atoms with Gasteiger partial charge in [-0.2, -0.15) is 11.8 Å². The van der Waals surface area contributed by atoms with Crippen LogP contribution in [0.2, 0.25) is 0 Å². The minimum absolute atomic E-state index is 0.153. The Bertz CT molecular complexity index is 553. The molecule has 0 radical (unpaired) electrons. The van der Waals surface area contributed by atoms with Gasteiger partial charge in [0.25, 0.3) is 0 Å². The molecule has 1 aromatic heterocycles. The normalized spacial score (nSPS) is 12.6. The van der Waals surface area contributed by atoms with Crippen LogP contribution in [0.1, 0.15) is 36.4 Å². The van der Waals surface area contributed by atoms with Crippen LogP contribution in [0.25, 0.3) is 0 Å². The van der Waals surface area contributed by atoms with E-state index in [0.29, 0.717) is 6.54 Å².